The summed E-state index contributed by atoms with van der Waals surface area (Å²) in [6.45, 7) is 9.23. The SMILES string of the molecule is CCN(C(=O)[C@@H]1CCN(CC(=O)N2CC=C(c3ccc(-c4ncccn4)cn3)CC2)C1)c1ccc2[nH]nc(-c3ccc(OC(C)C)nc3)c2c1. The molecule has 2 aliphatic heterocycles. The minimum atomic E-state index is -0.178. The van der Waals surface area contributed by atoms with Gasteiger partial charge in [0.2, 0.25) is 17.7 Å². The van der Waals surface area contributed by atoms with Gasteiger partial charge in [0.25, 0.3) is 0 Å². The Hall–Kier alpha value is -5.49. The Bertz CT molecular complexity index is 1990. The van der Waals surface area contributed by atoms with Crippen molar-refractivity contribution in [2.45, 2.75) is 39.7 Å². The van der Waals surface area contributed by atoms with E-state index in [9.17, 15) is 9.59 Å². The van der Waals surface area contributed by atoms with Crippen molar-refractivity contribution < 1.29 is 14.3 Å². The number of carbonyl (C=O) groups is 2. The van der Waals surface area contributed by atoms with Gasteiger partial charge in [0.1, 0.15) is 5.69 Å². The second-order valence-corrected chi connectivity index (χ2v) is 13.0. The fourth-order valence-corrected chi connectivity index (χ4v) is 6.67. The van der Waals surface area contributed by atoms with Crippen molar-refractivity contribution in [3.63, 3.8) is 0 Å². The van der Waals surface area contributed by atoms with Gasteiger partial charge in [-0.05, 0) is 88.2 Å². The predicted molar refractivity (Wildman–Crippen MR) is 192 cm³/mol. The number of rotatable bonds is 10. The molecule has 0 saturated carbocycles. The summed E-state index contributed by atoms with van der Waals surface area (Å²) in [4.78, 5) is 50.7. The van der Waals surface area contributed by atoms with E-state index in [4.69, 9.17) is 4.74 Å². The molecule has 2 amide bonds. The molecule has 6 heterocycles. The van der Waals surface area contributed by atoms with E-state index in [0.717, 1.165) is 57.5 Å². The Morgan fingerprint density at radius 2 is 1.82 bits per heavy atom. The monoisotopic (exact) mass is 671 g/mol. The van der Waals surface area contributed by atoms with E-state index >= 15 is 0 Å². The first-order valence-corrected chi connectivity index (χ1v) is 17.2. The number of likely N-dealkylation sites (tertiary alicyclic amines) is 1. The first-order chi connectivity index (χ1) is 24.4. The van der Waals surface area contributed by atoms with E-state index in [0.29, 0.717) is 51.0 Å². The maximum atomic E-state index is 13.9. The molecule has 5 aromatic rings. The van der Waals surface area contributed by atoms with Crippen molar-refractivity contribution in [2.75, 3.05) is 44.2 Å². The number of nitrogens with one attached hydrogen (secondary N) is 1. The van der Waals surface area contributed by atoms with Crippen LogP contribution >= 0.6 is 0 Å². The van der Waals surface area contributed by atoms with Gasteiger partial charge in [0, 0.05) is 79.2 Å². The van der Waals surface area contributed by atoms with Gasteiger partial charge in [-0.1, -0.05) is 6.08 Å². The summed E-state index contributed by atoms with van der Waals surface area (Å²) in [6, 6.07) is 15.5. The Balaban J connectivity index is 0.953. The van der Waals surface area contributed by atoms with Gasteiger partial charge in [-0.2, -0.15) is 5.10 Å². The van der Waals surface area contributed by atoms with Crippen molar-refractivity contribution in [1.29, 1.82) is 0 Å². The van der Waals surface area contributed by atoms with Crippen molar-refractivity contribution in [3.8, 4) is 28.5 Å². The normalized spacial score (nSPS) is 16.5. The van der Waals surface area contributed by atoms with Crippen LogP contribution in [0.5, 0.6) is 5.88 Å². The number of benzene rings is 1. The highest BCUT2D eigenvalue weighted by Gasteiger charge is 2.33. The lowest BCUT2D eigenvalue weighted by Crippen LogP contribution is -2.42. The molecular formula is C38H41N9O3. The van der Waals surface area contributed by atoms with E-state index in [1.165, 1.54) is 0 Å². The summed E-state index contributed by atoms with van der Waals surface area (Å²) < 4.78 is 5.69. The molecule has 0 radical (unpaired) electrons. The van der Waals surface area contributed by atoms with Gasteiger partial charge >= 0.3 is 0 Å². The highest BCUT2D eigenvalue weighted by Crippen LogP contribution is 2.32. The molecule has 0 bridgehead atoms. The van der Waals surface area contributed by atoms with E-state index in [1.54, 1.807) is 30.9 Å². The van der Waals surface area contributed by atoms with Crippen molar-refractivity contribution in [1.82, 2.24) is 39.9 Å². The van der Waals surface area contributed by atoms with Crippen LogP contribution in [0, 0.1) is 5.92 Å². The lowest BCUT2D eigenvalue weighted by atomic mass is 10.0. The van der Waals surface area contributed by atoms with Gasteiger partial charge < -0.3 is 14.5 Å². The molecule has 0 spiro atoms. The van der Waals surface area contributed by atoms with Crippen LogP contribution in [0.1, 0.15) is 39.3 Å². The van der Waals surface area contributed by atoms with E-state index < -0.39 is 0 Å². The van der Waals surface area contributed by atoms with Crippen molar-refractivity contribution in [2.24, 2.45) is 5.92 Å². The molecule has 0 aliphatic carbocycles. The Morgan fingerprint density at radius 1 is 1.00 bits per heavy atom. The molecule has 4 aromatic heterocycles. The fraction of sp³-hybridized carbons (Fsp3) is 0.342. The summed E-state index contributed by atoms with van der Waals surface area (Å²) in [6.07, 6.45) is 10.6. The average Bonchev–Trinajstić information content (AvgIpc) is 3.80. The molecule has 1 N–H and O–H groups in total. The summed E-state index contributed by atoms with van der Waals surface area (Å²) in [5.41, 5.74) is 6.24. The maximum absolute atomic E-state index is 13.9. The van der Waals surface area contributed by atoms with Crippen LogP contribution in [-0.4, -0.2) is 97.1 Å². The van der Waals surface area contributed by atoms with Crippen LogP contribution in [0.2, 0.25) is 0 Å². The Labute approximate surface area is 291 Å². The molecule has 1 atom stereocenters. The number of pyridine rings is 2. The molecule has 256 valence electrons. The first-order valence-electron chi connectivity index (χ1n) is 17.2. The minimum absolute atomic E-state index is 0.0401. The van der Waals surface area contributed by atoms with Gasteiger partial charge in [0.15, 0.2) is 5.82 Å². The second kappa shape index (κ2) is 14.6. The van der Waals surface area contributed by atoms with Crippen molar-refractivity contribution in [3.05, 3.63) is 85.1 Å². The third-order valence-electron chi connectivity index (χ3n) is 9.27. The fourth-order valence-electron chi connectivity index (χ4n) is 6.67. The van der Waals surface area contributed by atoms with Crippen molar-refractivity contribution >= 4 is 34.0 Å². The van der Waals surface area contributed by atoms with Crippen LogP contribution in [0.4, 0.5) is 5.69 Å². The summed E-state index contributed by atoms with van der Waals surface area (Å²) in [5.74, 6) is 1.19. The molecule has 1 fully saturated rings. The van der Waals surface area contributed by atoms with Crippen LogP contribution in [-0.2, 0) is 9.59 Å². The van der Waals surface area contributed by atoms with Crippen LogP contribution in [0.15, 0.2) is 79.4 Å². The highest BCUT2D eigenvalue weighted by atomic mass is 16.5. The highest BCUT2D eigenvalue weighted by molar-refractivity contribution is 6.00. The second-order valence-electron chi connectivity index (χ2n) is 13.0. The van der Waals surface area contributed by atoms with E-state index in [1.807, 2.05) is 73.0 Å². The molecule has 1 saturated heterocycles. The van der Waals surface area contributed by atoms with Crippen LogP contribution < -0.4 is 9.64 Å². The molecule has 2 aliphatic rings. The first kappa shape index (κ1) is 33.0. The number of hydrogen-bond donors (Lipinski definition) is 1. The molecule has 50 heavy (non-hydrogen) atoms. The number of hydrogen-bond acceptors (Lipinski definition) is 9. The summed E-state index contributed by atoms with van der Waals surface area (Å²) in [7, 11) is 0. The standard InChI is InChI=1S/C38H41N9O3/c1-4-47(30-8-10-33-31(20-30)36(44-43-33)27-7-11-34(42-21-27)50-25(2)3)38(49)29-12-17-45(23-29)24-35(48)46-18-13-26(14-19-46)32-9-6-28(22-41-32)37-39-15-5-16-40-37/h5-11,13,15-16,20-22,25,29H,4,12,14,17-19,23-24H2,1-3H3,(H,43,44)/t29-/m1/s1. The lowest BCUT2D eigenvalue weighted by Gasteiger charge is -2.28. The number of anilines is 1. The number of H-pyrrole nitrogens is 1. The number of ether oxygens (including phenoxy) is 1. The number of aromatic amines is 1. The topological polar surface area (TPSA) is 133 Å². The summed E-state index contributed by atoms with van der Waals surface area (Å²) in [5, 5.41) is 8.57. The molecule has 1 aromatic carbocycles. The Morgan fingerprint density at radius 3 is 2.52 bits per heavy atom. The Kier molecular flexibility index (Phi) is 9.61. The number of nitrogens with zero attached hydrogens (tertiary/aromatic N) is 8. The van der Waals surface area contributed by atoms with E-state index in [-0.39, 0.29) is 23.8 Å². The zero-order valence-corrected chi connectivity index (χ0v) is 28.6. The smallest absolute Gasteiger partial charge is 0.237 e. The quantitative estimate of drug-likeness (QED) is 0.211. The van der Waals surface area contributed by atoms with Crippen LogP contribution in [0.25, 0.3) is 39.1 Å². The van der Waals surface area contributed by atoms with Gasteiger partial charge in [0.05, 0.1) is 29.8 Å². The number of fused-ring (bicyclic) bond motifs is 1. The molecule has 12 nitrogen and oxygen atoms in total. The zero-order valence-electron chi connectivity index (χ0n) is 28.6. The predicted octanol–water partition coefficient (Wildman–Crippen LogP) is 5.25. The minimum Gasteiger partial charge on any atom is -0.475 e. The van der Waals surface area contributed by atoms with Crippen LogP contribution in [0.3, 0.4) is 0 Å². The zero-order chi connectivity index (χ0) is 34.6. The third-order valence-corrected chi connectivity index (χ3v) is 9.27. The number of aromatic nitrogens is 6. The average molecular weight is 672 g/mol. The molecular weight excluding hydrogens is 630 g/mol. The largest absolute Gasteiger partial charge is 0.475 e. The van der Waals surface area contributed by atoms with E-state index in [2.05, 4.69) is 41.1 Å². The molecule has 7 rings (SSSR count). The third kappa shape index (κ3) is 7.11. The molecule has 0 unspecified atom stereocenters. The molecule has 12 heteroatoms. The number of amides is 2. The number of carbonyl (C=O) groups excluding carboxylic acids is 2. The van der Waals surface area contributed by atoms with Gasteiger partial charge in [-0.3, -0.25) is 24.6 Å². The maximum Gasteiger partial charge on any atom is 0.237 e. The summed E-state index contributed by atoms with van der Waals surface area (Å²) >= 11 is 0. The van der Waals surface area contributed by atoms with Gasteiger partial charge in [-0.25, -0.2) is 15.0 Å². The lowest BCUT2D eigenvalue weighted by molar-refractivity contribution is -0.132. The van der Waals surface area contributed by atoms with Gasteiger partial charge in [-0.15, -0.1) is 0 Å².